The molecule has 25 heavy (non-hydrogen) atoms. The second-order valence-corrected chi connectivity index (χ2v) is 5.35. The summed E-state index contributed by atoms with van der Waals surface area (Å²) in [5.41, 5.74) is 5.18. The number of anilines is 1. The second kappa shape index (κ2) is 8.41. The fourth-order valence-electron chi connectivity index (χ4n) is 2.15. The van der Waals surface area contributed by atoms with Crippen molar-refractivity contribution in [1.82, 2.24) is 5.32 Å². The fourth-order valence-corrected chi connectivity index (χ4v) is 2.15. The third-order valence-electron chi connectivity index (χ3n) is 3.43. The summed E-state index contributed by atoms with van der Waals surface area (Å²) in [5, 5.41) is 22.0. The van der Waals surface area contributed by atoms with Gasteiger partial charge in [0.05, 0.1) is 5.56 Å². The van der Waals surface area contributed by atoms with Crippen molar-refractivity contribution in [3.8, 4) is 0 Å². The van der Waals surface area contributed by atoms with E-state index in [0.29, 0.717) is 0 Å². The molecule has 0 fully saturated rings. The van der Waals surface area contributed by atoms with Crippen LogP contribution < -0.4 is 11.1 Å². The Kier molecular flexibility index (Phi) is 6.26. The molecule has 2 aromatic carbocycles. The van der Waals surface area contributed by atoms with Gasteiger partial charge in [0, 0.05) is 12.2 Å². The largest absolute Gasteiger partial charge is 0.445 e. The maximum atomic E-state index is 13.7. The minimum atomic E-state index is -1.88. The van der Waals surface area contributed by atoms with Crippen LogP contribution >= 0.6 is 0 Å². The van der Waals surface area contributed by atoms with Crippen molar-refractivity contribution in [1.29, 1.82) is 0 Å². The fraction of sp³-hybridized carbons (Fsp3) is 0.235. The topological polar surface area (TPSA) is 105 Å². The van der Waals surface area contributed by atoms with Crippen LogP contribution in [0.3, 0.4) is 0 Å². The van der Waals surface area contributed by atoms with Crippen LogP contribution in [-0.4, -0.2) is 29.0 Å². The Labute approximate surface area is 142 Å². The van der Waals surface area contributed by atoms with E-state index in [0.717, 1.165) is 17.7 Å². The number of nitrogen functional groups attached to an aromatic ring is 1. The number of hydrogen-bond acceptors (Lipinski definition) is 5. The molecule has 0 aliphatic rings. The molecule has 2 atom stereocenters. The molecule has 6 nitrogen and oxygen atoms in total. The summed E-state index contributed by atoms with van der Waals surface area (Å²) in [4.78, 5) is 11.6. The van der Waals surface area contributed by atoms with Crippen LogP contribution in [0.5, 0.6) is 0 Å². The van der Waals surface area contributed by atoms with Crippen LogP contribution in [0, 0.1) is 11.6 Å². The highest BCUT2D eigenvalue weighted by Crippen LogP contribution is 2.25. The molecule has 0 aliphatic heterocycles. The predicted octanol–water partition coefficient (Wildman–Crippen LogP) is 1.87. The number of hydrogen-bond donors (Lipinski definition) is 4. The number of nitrogens with two attached hydrogens (primary N) is 1. The van der Waals surface area contributed by atoms with Crippen LogP contribution in [0.15, 0.2) is 42.5 Å². The number of nitrogens with one attached hydrogen (secondary N) is 1. The lowest BCUT2D eigenvalue weighted by Crippen LogP contribution is -2.36. The molecule has 134 valence electrons. The molecule has 0 heterocycles. The molecular formula is C17H18F2N2O4. The van der Waals surface area contributed by atoms with Gasteiger partial charge in [0.25, 0.3) is 0 Å². The summed E-state index contributed by atoms with van der Waals surface area (Å²) in [7, 11) is 0. The predicted molar refractivity (Wildman–Crippen MR) is 86.4 cm³/mol. The molecule has 2 aromatic rings. The molecule has 0 saturated heterocycles. The molecule has 0 aromatic heterocycles. The number of ether oxygens (including phenoxy) is 1. The number of rotatable bonds is 6. The van der Waals surface area contributed by atoms with Crippen molar-refractivity contribution in [3.05, 3.63) is 65.2 Å². The molecule has 2 rings (SSSR count). The molecule has 0 saturated carbocycles. The Bertz CT molecular complexity index is 705. The number of amides is 1. The Hall–Kier alpha value is -2.71. The van der Waals surface area contributed by atoms with Crippen LogP contribution in [0.1, 0.15) is 17.2 Å². The first-order valence-electron chi connectivity index (χ1n) is 7.43. The lowest BCUT2D eigenvalue weighted by Gasteiger charge is -2.20. The maximum Gasteiger partial charge on any atom is 0.407 e. The molecule has 5 N–H and O–H groups in total. The quantitative estimate of drug-likeness (QED) is 0.594. The normalized spacial score (nSPS) is 13.1. The Balaban J connectivity index is 1.87. The first kappa shape index (κ1) is 18.6. The van der Waals surface area contributed by atoms with E-state index in [4.69, 9.17) is 10.5 Å². The molecular weight excluding hydrogens is 334 g/mol. The van der Waals surface area contributed by atoms with Crippen molar-refractivity contribution in [2.24, 2.45) is 0 Å². The summed E-state index contributed by atoms with van der Waals surface area (Å²) in [6.07, 6.45) is -4.36. The number of aliphatic hydroxyl groups excluding tert-OH is 2. The van der Waals surface area contributed by atoms with E-state index in [-0.39, 0.29) is 12.3 Å². The first-order valence-corrected chi connectivity index (χ1v) is 7.43. The highest BCUT2D eigenvalue weighted by atomic mass is 19.1. The molecule has 1 amide bonds. The summed E-state index contributed by atoms with van der Waals surface area (Å²) >= 11 is 0. The van der Waals surface area contributed by atoms with E-state index in [1.54, 1.807) is 24.3 Å². The van der Waals surface area contributed by atoms with Gasteiger partial charge in [-0.2, -0.15) is 0 Å². The van der Waals surface area contributed by atoms with E-state index in [9.17, 15) is 23.8 Å². The number of aliphatic hydroxyl groups is 2. The zero-order valence-corrected chi connectivity index (χ0v) is 13.2. The number of carbonyl (C=O) groups excluding carboxylic acids is 1. The van der Waals surface area contributed by atoms with Gasteiger partial charge in [0.1, 0.15) is 30.4 Å². The summed E-state index contributed by atoms with van der Waals surface area (Å²) in [6, 6.07) is 10.6. The molecule has 0 aliphatic carbocycles. The van der Waals surface area contributed by atoms with Gasteiger partial charge in [-0.1, -0.05) is 30.3 Å². The molecule has 8 heteroatoms. The van der Waals surface area contributed by atoms with Gasteiger partial charge in [0.2, 0.25) is 0 Å². The average molecular weight is 352 g/mol. The van der Waals surface area contributed by atoms with Crippen molar-refractivity contribution < 1.29 is 28.5 Å². The van der Waals surface area contributed by atoms with Gasteiger partial charge in [-0.3, -0.25) is 0 Å². The van der Waals surface area contributed by atoms with Crippen LogP contribution in [0.4, 0.5) is 19.3 Å². The zero-order chi connectivity index (χ0) is 18.4. The van der Waals surface area contributed by atoms with Crippen LogP contribution in [-0.2, 0) is 11.3 Å². The van der Waals surface area contributed by atoms with Crippen molar-refractivity contribution in [2.75, 3.05) is 12.3 Å². The third-order valence-corrected chi connectivity index (χ3v) is 3.43. The molecule has 0 bridgehead atoms. The summed E-state index contributed by atoms with van der Waals surface area (Å²) in [5.74, 6) is -2.17. The molecule has 0 spiro atoms. The van der Waals surface area contributed by atoms with Gasteiger partial charge in [-0.15, -0.1) is 0 Å². The van der Waals surface area contributed by atoms with E-state index < -0.39 is 42.0 Å². The van der Waals surface area contributed by atoms with Gasteiger partial charge >= 0.3 is 6.09 Å². The third kappa shape index (κ3) is 5.13. The van der Waals surface area contributed by atoms with Crippen LogP contribution in [0.2, 0.25) is 0 Å². The van der Waals surface area contributed by atoms with Crippen molar-refractivity contribution in [2.45, 2.75) is 18.8 Å². The van der Waals surface area contributed by atoms with Gasteiger partial charge in [-0.05, 0) is 17.7 Å². The lowest BCUT2D eigenvalue weighted by molar-refractivity contribution is 0.0143. The van der Waals surface area contributed by atoms with Crippen molar-refractivity contribution >= 4 is 11.8 Å². The Morgan fingerprint density at radius 2 is 1.76 bits per heavy atom. The lowest BCUT2D eigenvalue weighted by atomic mass is 10.0. The monoisotopic (exact) mass is 352 g/mol. The highest BCUT2D eigenvalue weighted by Gasteiger charge is 2.26. The highest BCUT2D eigenvalue weighted by molar-refractivity contribution is 5.67. The minimum absolute atomic E-state index is 0.0204. The van der Waals surface area contributed by atoms with Crippen molar-refractivity contribution in [3.63, 3.8) is 0 Å². The number of halogens is 2. The van der Waals surface area contributed by atoms with E-state index in [1.807, 2.05) is 6.07 Å². The standard InChI is InChI=1S/C17H18F2N2O4/c18-12-6-11(20)7-13(19)15(12)16(23)14(22)8-21-17(24)25-9-10-4-2-1-3-5-10/h1-7,14,16,22-23H,8-9,20H2,(H,21,24). The maximum absolute atomic E-state index is 13.7. The second-order valence-electron chi connectivity index (χ2n) is 5.35. The van der Waals surface area contributed by atoms with Gasteiger partial charge < -0.3 is 26.0 Å². The van der Waals surface area contributed by atoms with Crippen LogP contribution in [0.25, 0.3) is 0 Å². The summed E-state index contributed by atoms with van der Waals surface area (Å²) in [6.45, 7) is -0.440. The Morgan fingerprint density at radius 1 is 1.16 bits per heavy atom. The van der Waals surface area contributed by atoms with Gasteiger partial charge in [-0.25, -0.2) is 13.6 Å². The smallest absolute Gasteiger partial charge is 0.407 e. The number of carbonyl (C=O) groups is 1. The number of benzene rings is 2. The summed E-state index contributed by atoms with van der Waals surface area (Å²) < 4.78 is 32.4. The van der Waals surface area contributed by atoms with E-state index >= 15 is 0 Å². The number of alkyl carbamates (subject to hydrolysis) is 1. The molecule has 0 radical (unpaired) electrons. The Morgan fingerprint density at radius 3 is 2.36 bits per heavy atom. The SMILES string of the molecule is Nc1cc(F)c(C(O)C(O)CNC(=O)OCc2ccccc2)c(F)c1. The average Bonchev–Trinajstić information content (AvgIpc) is 2.57. The van der Waals surface area contributed by atoms with E-state index in [1.165, 1.54) is 0 Å². The zero-order valence-electron chi connectivity index (χ0n) is 13.2. The first-order chi connectivity index (χ1) is 11.9. The minimum Gasteiger partial charge on any atom is -0.445 e. The van der Waals surface area contributed by atoms with E-state index in [2.05, 4.69) is 5.32 Å². The molecule has 2 unspecified atom stereocenters. The van der Waals surface area contributed by atoms with Gasteiger partial charge in [0.15, 0.2) is 0 Å².